The van der Waals surface area contributed by atoms with E-state index in [1.165, 1.54) is 0 Å². The van der Waals surface area contributed by atoms with Gasteiger partial charge in [-0.05, 0) is 38.0 Å². The van der Waals surface area contributed by atoms with Gasteiger partial charge in [-0.1, -0.05) is 25.3 Å². The lowest BCUT2D eigenvalue weighted by atomic mass is 9.81. The number of amides is 2. The molecule has 0 spiro atoms. The van der Waals surface area contributed by atoms with Gasteiger partial charge in [-0.15, -0.1) is 11.3 Å². The van der Waals surface area contributed by atoms with Gasteiger partial charge in [0.25, 0.3) is 5.91 Å². The first kappa shape index (κ1) is 18.4. The molecule has 1 fully saturated rings. The lowest BCUT2D eigenvalue weighted by Gasteiger charge is -2.35. The zero-order chi connectivity index (χ0) is 18.6. The van der Waals surface area contributed by atoms with Gasteiger partial charge in [-0.2, -0.15) is 0 Å². The highest BCUT2D eigenvalue weighted by molar-refractivity contribution is 7.09. The molecule has 1 heterocycles. The number of benzene rings is 1. The number of thiazole rings is 1. The fourth-order valence-corrected chi connectivity index (χ4v) is 3.83. The minimum Gasteiger partial charge on any atom is -0.487 e. The molecule has 1 saturated carbocycles. The van der Waals surface area contributed by atoms with Crippen LogP contribution in [-0.4, -0.2) is 22.3 Å². The van der Waals surface area contributed by atoms with E-state index in [0.29, 0.717) is 30.8 Å². The summed E-state index contributed by atoms with van der Waals surface area (Å²) in [6.07, 6.45) is 4.02. The second-order valence-electron chi connectivity index (χ2n) is 6.64. The molecule has 2 aromatic rings. The number of primary amides is 1. The smallest absolute Gasteiger partial charge is 0.252 e. The number of nitrogens with zero attached hydrogens (tertiary/aromatic N) is 1. The number of nitrogens with two attached hydrogens (primary N) is 1. The number of aryl methyl sites for hydroxylation is 1. The van der Waals surface area contributed by atoms with Crippen molar-refractivity contribution < 1.29 is 14.3 Å². The average molecular weight is 373 g/mol. The minimum atomic E-state index is -0.940. The van der Waals surface area contributed by atoms with E-state index in [4.69, 9.17) is 10.5 Å². The number of nitrogens with one attached hydrogen (secondary N) is 1. The van der Waals surface area contributed by atoms with E-state index >= 15 is 0 Å². The van der Waals surface area contributed by atoms with Crippen molar-refractivity contribution in [3.8, 4) is 5.75 Å². The maximum Gasteiger partial charge on any atom is 0.252 e. The maximum absolute atomic E-state index is 12.7. The predicted molar refractivity (Wildman–Crippen MR) is 100 cm³/mol. The van der Waals surface area contributed by atoms with Crippen molar-refractivity contribution in [3.63, 3.8) is 0 Å². The molecule has 138 valence electrons. The van der Waals surface area contributed by atoms with Gasteiger partial charge < -0.3 is 15.8 Å². The number of carbonyl (C=O) groups excluding carboxylic acids is 2. The molecule has 0 unspecified atom stereocenters. The van der Waals surface area contributed by atoms with Gasteiger partial charge in [0.1, 0.15) is 17.9 Å². The van der Waals surface area contributed by atoms with Crippen molar-refractivity contribution in [2.24, 2.45) is 5.73 Å². The van der Waals surface area contributed by atoms with Crippen LogP contribution >= 0.6 is 11.3 Å². The summed E-state index contributed by atoms with van der Waals surface area (Å²) in [6, 6.07) is 6.92. The van der Waals surface area contributed by atoms with E-state index in [-0.39, 0.29) is 5.91 Å². The fraction of sp³-hybridized carbons (Fsp3) is 0.421. The van der Waals surface area contributed by atoms with Crippen molar-refractivity contribution in [1.29, 1.82) is 0 Å². The molecule has 0 radical (unpaired) electrons. The summed E-state index contributed by atoms with van der Waals surface area (Å²) in [6.45, 7) is 2.29. The first-order valence-electron chi connectivity index (χ1n) is 8.75. The third-order valence-electron chi connectivity index (χ3n) is 4.68. The Kier molecular flexibility index (Phi) is 5.56. The minimum absolute atomic E-state index is 0.305. The van der Waals surface area contributed by atoms with Crippen LogP contribution in [0.5, 0.6) is 5.75 Å². The Morgan fingerprint density at radius 2 is 2.08 bits per heavy atom. The molecule has 1 aliphatic rings. The molecule has 0 bridgehead atoms. The van der Waals surface area contributed by atoms with Gasteiger partial charge in [0.2, 0.25) is 5.91 Å². The Labute approximate surface area is 156 Å². The highest BCUT2D eigenvalue weighted by Crippen LogP contribution is 2.28. The van der Waals surface area contributed by atoms with Crippen molar-refractivity contribution in [3.05, 3.63) is 45.9 Å². The van der Waals surface area contributed by atoms with E-state index < -0.39 is 11.4 Å². The first-order chi connectivity index (χ1) is 12.5. The number of rotatable bonds is 6. The Morgan fingerprint density at radius 3 is 2.73 bits per heavy atom. The van der Waals surface area contributed by atoms with E-state index in [1.54, 1.807) is 35.6 Å². The van der Waals surface area contributed by atoms with Crippen molar-refractivity contribution in [1.82, 2.24) is 10.3 Å². The van der Waals surface area contributed by atoms with Crippen LogP contribution in [0.25, 0.3) is 0 Å². The zero-order valence-corrected chi connectivity index (χ0v) is 15.6. The summed E-state index contributed by atoms with van der Waals surface area (Å²) in [5, 5.41) is 5.81. The van der Waals surface area contributed by atoms with E-state index in [9.17, 15) is 9.59 Å². The van der Waals surface area contributed by atoms with Crippen LogP contribution in [0.3, 0.4) is 0 Å². The fourth-order valence-electron chi connectivity index (χ4n) is 3.24. The van der Waals surface area contributed by atoms with Gasteiger partial charge in [0.05, 0.1) is 10.7 Å². The topological polar surface area (TPSA) is 94.3 Å². The van der Waals surface area contributed by atoms with Crippen LogP contribution in [0.4, 0.5) is 0 Å². The molecule has 2 amide bonds. The number of hydrogen-bond acceptors (Lipinski definition) is 5. The normalized spacial score (nSPS) is 16.0. The van der Waals surface area contributed by atoms with E-state index in [0.717, 1.165) is 30.0 Å². The Morgan fingerprint density at radius 1 is 1.31 bits per heavy atom. The van der Waals surface area contributed by atoms with Crippen LogP contribution in [0, 0.1) is 6.92 Å². The van der Waals surface area contributed by atoms with Crippen LogP contribution < -0.4 is 15.8 Å². The van der Waals surface area contributed by atoms with Crippen LogP contribution in [0.1, 0.15) is 53.2 Å². The second kappa shape index (κ2) is 7.86. The summed E-state index contributed by atoms with van der Waals surface area (Å²) in [4.78, 5) is 29.0. The largest absolute Gasteiger partial charge is 0.487 e. The average Bonchev–Trinajstić information content (AvgIpc) is 3.06. The Bertz CT molecular complexity index is 797. The molecule has 1 aliphatic carbocycles. The Balaban J connectivity index is 1.68. The molecular weight excluding hydrogens is 350 g/mol. The molecule has 0 atom stereocenters. The van der Waals surface area contributed by atoms with Gasteiger partial charge in [-0.25, -0.2) is 4.98 Å². The van der Waals surface area contributed by atoms with Crippen molar-refractivity contribution in [2.45, 2.75) is 51.2 Å². The number of aromatic nitrogens is 1. The molecule has 3 rings (SSSR count). The van der Waals surface area contributed by atoms with Crippen LogP contribution in [-0.2, 0) is 11.4 Å². The summed E-state index contributed by atoms with van der Waals surface area (Å²) in [5.41, 5.74) is 5.95. The molecule has 3 N–H and O–H groups in total. The summed E-state index contributed by atoms with van der Waals surface area (Å²) in [5.74, 6) is -0.183. The molecule has 0 saturated heterocycles. The van der Waals surface area contributed by atoms with E-state index in [2.05, 4.69) is 10.3 Å². The number of carbonyl (C=O) groups is 2. The maximum atomic E-state index is 12.7. The molecule has 1 aromatic carbocycles. The number of ether oxygens (including phenoxy) is 1. The van der Waals surface area contributed by atoms with E-state index in [1.807, 2.05) is 12.3 Å². The van der Waals surface area contributed by atoms with Crippen LogP contribution in [0.2, 0.25) is 0 Å². The lowest BCUT2D eigenvalue weighted by molar-refractivity contribution is -0.125. The standard InChI is InChI=1S/C19H23N3O3S/c1-13-21-15(12-26-13)11-25-16-7-5-6-14(10-16)17(23)22-19(18(20)24)8-3-2-4-9-19/h5-7,10,12H,2-4,8-9,11H2,1H3,(H2,20,24)(H,22,23). The molecule has 0 aliphatic heterocycles. The predicted octanol–water partition coefficient (Wildman–Crippen LogP) is 2.95. The van der Waals surface area contributed by atoms with Crippen LogP contribution in [0.15, 0.2) is 29.6 Å². The third-order valence-corrected chi connectivity index (χ3v) is 5.50. The van der Waals surface area contributed by atoms with Gasteiger partial charge in [0.15, 0.2) is 0 Å². The number of hydrogen-bond donors (Lipinski definition) is 2. The third kappa shape index (κ3) is 4.22. The monoisotopic (exact) mass is 373 g/mol. The summed E-state index contributed by atoms with van der Waals surface area (Å²) >= 11 is 1.57. The SMILES string of the molecule is Cc1nc(COc2cccc(C(=O)NC3(C(N)=O)CCCCC3)c2)cs1. The quantitative estimate of drug-likeness (QED) is 0.814. The van der Waals surface area contributed by atoms with Crippen molar-refractivity contribution in [2.75, 3.05) is 0 Å². The first-order valence-corrected chi connectivity index (χ1v) is 9.63. The molecular formula is C19H23N3O3S. The molecule has 26 heavy (non-hydrogen) atoms. The highest BCUT2D eigenvalue weighted by atomic mass is 32.1. The van der Waals surface area contributed by atoms with Gasteiger partial charge in [-0.3, -0.25) is 9.59 Å². The lowest BCUT2D eigenvalue weighted by Crippen LogP contribution is -2.58. The van der Waals surface area contributed by atoms with Crippen molar-refractivity contribution >= 4 is 23.2 Å². The molecule has 6 nitrogen and oxygen atoms in total. The second-order valence-corrected chi connectivity index (χ2v) is 7.70. The molecule has 1 aromatic heterocycles. The zero-order valence-electron chi connectivity index (χ0n) is 14.8. The van der Waals surface area contributed by atoms with Gasteiger partial charge >= 0.3 is 0 Å². The summed E-state index contributed by atoms with van der Waals surface area (Å²) in [7, 11) is 0. The molecule has 7 heteroatoms. The summed E-state index contributed by atoms with van der Waals surface area (Å²) < 4.78 is 5.73. The highest BCUT2D eigenvalue weighted by Gasteiger charge is 2.39. The Hall–Kier alpha value is -2.41. The van der Waals surface area contributed by atoms with Gasteiger partial charge in [0, 0.05) is 10.9 Å².